The molecule has 2 unspecified atom stereocenters. The van der Waals surface area contributed by atoms with Gasteiger partial charge in [-0.3, -0.25) is 9.80 Å². The summed E-state index contributed by atoms with van der Waals surface area (Å²) < 4.78 is 11.7. The largest absolute Gasteiger partial charge is 0.380 e. The SMILES string of the molecule is CC(C)(C)COCCN1C2CC1CN(CCOC(C)(C)C)C2. The van der Waals surface area contributed by atoms with Crippen molar-refractivity contribution in [2.75, 3.05) is 46.0 Å². The molecule has 0 aromatic heterocycles. The Morgan fingerprint density at radius 3 is 2.09 bits per heavy atom. The van der Waals surface area contributed by atoms with Crippen molar-refractivity contribution in [3.8, 4) is 0 Å². The van der Waals surface area contributed by atoms with E-state index in [-0.39, 0.29) is 11.0 Å². The van der Waals surface area contributed by atoms with Gasteiger partial charge in [0, 0.05) is 38.3 Å². The zero-order chi connectivity index (χ0) is 16.4. The lowest BCUT2D eigenvalue weighted by atomic mass is 9.87. The molecule has 4 heteroatoms. The number of rotatable bonds is 7. The summed E-state index contributed by atoms with van der Waals surface area (Å²) >= 11 is 0. The Morgan fingerprint density at radius 1 is 0.909 bits per heavy atom. The summed E-state index contributed by atoms with van der Waals surface area (Å²) in [6.45, 7) is 20.2. The van der Waals surface area contributed by atoms with Crippen LogP contribution >= 0.6 is 0 Å². The highest BCUT2D eigenvalue weighted by Crippen LogP contribution is 2.31. The lowest BCUT2D eigenvalue weighted by Crippen LogP contribution is -2.69. The lowest BCUT2D eigenvalue weighted by molar-refractivity contribution is -0.0930. The average Bonchev–Trinajstić information content (AvgIpc) is 2.35. The molecule has 22 heavy (non-hydrogen) atoms. The summed E-state index contributed by atoms with van der Waals surface area (Å²) in [4.78, 5) is 5.21. The van der Waals surface area contributed by atoms with Crippen molar-refractivity contribution < 1.29 is 9.47 Å². The van der Waals surface area contributed by atoms with Crippen LogP contribution in [0.4, 0.5) is 0 Å². The highest BCUT2D eigenvalue weighted by Gasteiger charge is 2.43. The number of fused-ring (bicyclic) bond motifs is 2. The fourth-order valence-corrected chi connectivity index (χ4v) is 3.35. The Kier molecular flexibility index (Phi) is 5.92. The molecule has 0 saturated carbocycles. The van der Waals surface area contributed by atoms with Gasteiger partial charge in [-0.1, -0.05) is 20.8 Å². The first kappa shape index (κ1) is 18.2. The van der Waals surface area contributed by atoms with E-state index in [9.17, 15) is 0 Å². The third kappa shape index (κ3) is 5.80. The molecular formula is C18H36N2O2. The first-order chi connectivity index (χ1) is 10.1. The molecule has 3 fully saturated rings. The molecule has 0 amide bonds. The van der Waals surface area contributed by atoms with Gasteiger partial charge in [0.2, 0.25) is 0 Å². The summed E-state index contributed by atoms with van der Waals surface area (Å²) in [5.74, 6) is 0. The van der Waals surface area contributed by atoms with Crippen LogP contribution in [-0.4, -0.2) is 73.5 Å². The molecule has 3 heterocycles. The van der Waals surface area contributed by atoms with Crippen LogP contribution in [0.1, 0.15) is 48.0 Å². The summed E-state index contributed by atoms with van der Waals surface area (Å²) in [5.41, 5.74) is 0.254. The van der Waals surface area contributed by atoms with E-state index in [0.29, 0.717) is 0 Å². The molecule has 0 N–H and O–H groups in total. The number of piperazine rings is 1. The summed E-state index contributed by atoms with van der Waals surface area (Å²) in [6.07, 6.45) is 1.37. The van der Waals surface area contributed by atoms with Gasteiger partial charge in [-0.05, 0) is 32.6 Å². The van der Waals surface area contributed by atoms with Gasteiger partial charge in [-0.15, -0.1) is 0 Å². The quantitative estimate of drug-likeness (QED) is 0.675. The number of hydrogen-bond acceptors (Lipinski definition) is 4. The molecule has 130 valence electrons. The van der Waals surface area contributed by atoms with Crippen LogP contribution in [0.3, 0.4) is 0 Å². The van der Waals surface area contributed by atoms with Crippen molar-refractivity contribution in [3.63, 3.8) is 0 Å². The van der Waals surface area contributed by atoms with Gasteiger partial charge in [-0.2, -0.15) is 0 Å². The topological polar surface area (TPSA) is 24.9 Å². The van der Waals surface area contributed by atoms with Gasteiger partial charge in [-0.25, -0.2) is 0 Å². The van der Waals surface area contributed by atoms with Crippen molar-refractivity contribution in [3.05, 3.63) is 0 Å². The minimum Gasteiger partial charge on any atom is -0.380 e. The Bertz CT molecular complexity index is 334. The molecular weight excluding hydrogens is 276 g/mol. The number of piperidine rings is 1. The van der Waals surface area contributed by atoms with Gasteiger partial charge in [0.1, 0.15) is 0 Å². The zero-order valence-corrected chi connectivity index (χ0v) is 15.5. The van der Waals surface area contributed by atoms with Gasteiger partial charge in [0.05, 0.1) is 25.4 Å². The lowest BCUT2D eigenvalue weighted by Gasteiger charge is -2.56. The van der Waals surface area contributed by atoms with E-state index in [0.717, 1.165) is 45.0 Å². The van der Waals surface area contributed by atoms with Gasteiger partial charge >= 0.3 is 0 Å². The molecule has 4 nitrogen and oxygen atoms in total. The second-order valence-corrected chi connectivity index (χ2v) is 9.11. The predicted molar refractivity (Wildman–Crippen MR) is 91.3 cm³/mol. The normalized spacial score (nSPS) is 27.0. The highest BCUT2D eigenvalue weighted by atomic mass is 16.5. The number of nitrogens with zero attached hydrogens (tertiary/aromatic N) is 2. The van der Waals surface area contributed by atoms with Crippen molar-refractivity contribution in [1.29, 1.82) is 0 Å². The van der Waals surface area contributed by atoms with Gasteiger partial charge < -0.3 is 9.47 Å². The molecule has 0 aliphatic carbocycles. The number of ether oxygens (including phenoxy) is 2. The fraction of sp³-hybridized carbons (Fsp3) is 1.00. The van der Waals surface area contributed by atoms with Gasteiger partial charge in [0.25, 0.3) is 0 Å². The van der Waals surface area contributed by atoms with Crippen LogP contribution in [0.5, 0.6) is 0 Å². The summed E-state index contributed by atoms with van der Waals surface area (Å²) in [7, 11) is 0. The summed E-state index contributed by atoms with van der Waals surface area (Å²) in [5, 5.41) is 0. The molecule has 3 aliphatic heterocycles. The first-order valence-electron chi connectivity index (χ1n) is 8.84. The van der Waals surface area contributed by atoms with Crippen molar-refractivity contribution in [2.45, 2.75) is 65.6 Å². The van der Waals surface area contributed by atoms with Crippen molar-refractivity contribution >= 4 is 0 Å². The van der Waals surface area contributed by atoms with E-state index in [1.807, 2.05) is 0 Å². The average molecular weight is 312 g/mol. The Hall–Kier alpha value is -0.160. The summed E-state index contributed by atoms with van der Waals surface area (Å²) in [6, 6.07) is 1.48. The number of hydrogen-bond donors (Lipinski definition) is 0. The van der Waals surface area contributed by atoms with E-state index >= 15 is 0 Å². The predicted octanol–water partition coefficient (Wildman–Crippen LogP) is 2.62. The minimum absolute atomic E-state index is 0.0187. The smallest absolute Gasteiger partial charge is 0.0600 e. The standard InChI is InChI=1S/C18H36N2O2/c1-17(2,3)14-21-9-8-20-15-11-16(20)13-19(12-15)7-10-22-18(4,5)6/h15-16H,7-14H2,1-6H3. The molecule has 3 saturated heterocycles. The van der Waals surface area contributed by atoms with Crippen LogP contribution in [0, 0.1) is 5.41 Å². The maximum Gasteiger partial charge on any atom is 0.0600 e. The zero-order valence-electron chi connectivity index (χ0n) is 15.5. The molecule has 2 atom stereocenters. The Labute approximate surface area is 137 Å². The van der Waals surface area contributed by atoms with Crippen molar-refractivity contribution in [1.82, 2.24) is 9.80 Å². The van der Waals surface area contributed by atoms with E-state index in [4.69, 9.17) is 9.47 Å². The second-order valence-electron chi connectivity index (χ2n) is 9.11. The second kappa shape index (κ2) is 7.16. The minimum atomic E-state index is -0.0187. The molecule has 0 spiro atoms. The van der Waals surface area contributed by atoms with Crippen LogP contribution in [-0.2, 0) is 9.47 Å². The Morgan fingerprint density at radius 2 is 1.55 bits per heavy atom. The highest BCUT2D eigenvalue weighted by molar-refractivity contribution is 5.00. The fourth-order valence-electron chi connectivity index (χ4n) is 3.35. The maximum atomic E-state index is 5.84. The van der Waals surface area contributed by atoms with Crippen LogP contribution < -0.4 is 0 Å². The first-order valence-corrected chi connectivity index (χ1v) is 8.84. The van der Waals surface area contributed by atoms with Crippen LogP contribution in [0.15, 0.2) is 0 Å². The molecule has 3 rings (SSSR count). The molecule has 3 aliphatic rings. The van der Waals surface area contributed by atoms with Crippen LogP contribution in [0.2, 0.25) is 0 Å². The van der Waals surface area contributed by atoms with E-state index in [1.165, 1.54) is 19.5 Å². The Balaban J connectivity index is 1.60. The maximum absolute atomic E-state index is 5.84. The van der Waals surface area contributed by atoms with E-state index < -0.39 is 0 Å². The van der Waals surface area contributed by atoms with E-state index in [1.54, 1.807) is 0 Å². The third-order valence-electron chi connectivity index (χ3n) is 4.39. The molecule has 0 aromatic carbocycles. The van der Waals surface area contributed by atoms with Crippen LogP contribution in [0.25, 0.3) is 0 Å². The van der Waals surface area contributed by atoms with E-state index in [2.05, 4.69) is 51.3 Å². The molecule has 0 radical (unpaired) electrons. The monoisotopic (exact) mass is 312 g/mol. The van der Waals surface area contributed by atoms with Crippen molar-refractivity contribution in [2.24, 2.45) is 5.41 Å². The third-order valence-corrected chi connectivity index (χ3v) is 4.39. The van der Waals surface area contributed by atoms with Gasteiger partial charge in [0.15, 0.2) is 0 Å². The molecule has 2 bridgehead atoms. The molecule has 0 aromatic rings.